The number of nitrogens with zero attached hydrogens (tertiary/aromatic N) is 4. The van der Waals surface area contributed by atoms with Crippen LogP contribution in [-0.2, 0) is 4.79 Å². The number of piperidine rings is 1. The van der Waals surface area contributed by atoms with Crippen LogP contribution in [0.25, 0.3) is 11.4 Å². The maximum absolute atomic E-state index is 12.8. The molecule has 2 saturated heterocycles. The molecule has 1 atom stereocenters. The number of hydrogen-bond acceptors (Lipinski definition) is 5. The van der Waals surface area contributed by atoms with E-state index >= 15 is 0 Å². The van der Waals surface area contributed by atoms with Gasteiger partial charge in [0.15, 0.2) is 5.82 Å². The van der Waals surface area contributed by atoms with Gasteiger partial charge in [-0.25, -0.2) is 9.97 Å². The van der Waals surface area contributed by atoms with Crippen LogP contribution in [0.4, 0.5) is 5.82 Å². The van der Waals surface area contributed by atoms with E-state index in [0.717, 1.165) is 43.9 Å². The molecule has 0 aliphatic carbocycles. The number of phenols is 1. The quantitative estimate of drug-likeness (QED) is 0.900. The van der Waals surface area contributed by atoms with Crippen molar-refractivity contribution < 1.29 is 9.90 Å². The van der Waals surface area contributed by atoms with Gasteiger partial charge in [-0.3, -0.25) is 4.79 Å². The lowest BCUT2D eigenvalue weighted by Crippen LogP contribution is -2.48. The molecule has 3 heterocycles. The molecule has 6 nitrogen and oxygen atoms in total. The second kappa shape index (κ2) is 6.27. The summed E-state index contributed by atoms with van der Waals surface area (Å²) in [4.78, 5) is 26.0. The van der Waals surface area contributed by atoms with E-state index in [2.05, 4.69) is 9.88 Å². The van der Waals surface area contributed by atoms with Gasteiger partial charge in [0.05, 0.1) is 11.0 Å². The Morgan fingerprint density at radius 1 is 1.15 bits per heavy atom. The molecule has 2 aromatic rings. The van der Waals surface area contributed by atoms with Gasteiger partial charge < -0.3 is 14.9 Å². The fourth-order valence-electron chi connectivity index (χ4n) is 4.21. The fourth-order valence-corrected chi connectivity index (χ4v) is 4.21. The number of carbonyl (C=O) groups is 1. The molecule has 1 N–H and O–H groups in total. The van der Waals surface area contributed by atoms with E-state index in [1.54, 1.807) is 12.1 Å². The fraction of sp³-hybridized carbons (Fsp3) is 0.450. The van der Waals surface area contributed by atoms with Crippen molar-refractivity contribution in [1.82, 2.24) is 14.9 Å². The summed E-state index contributed by atoms with van der Waals surface area (Å²) >= 11 is 0. The van der Waals surface area contributed by atoms with Crippen molar-refractivity contribution >= 4 is 11.7 Å². The molecule has 1 aromatic heterocycles. The van der Waals surface area contributed by atoms with Crippen LogP contribution in [0.3, 0.4) is 0 Å². The van der Waals surface area contributed by atoms with Crippen LogP contribution in [0, 0.1) is 12.3 Å². The molecule has 4 rings (SSSR count). The molecule has 6 heteroatoms. The number of benzene rings is 1. The lowest BCUT2D eigenvalue weighted by Gasteiger charge is -2.37. The van der Waals surface area contributed by atoms with Gasteiger partial charge in [0.2, 0.25) is 5.91 Å². The molecule has 2 fully saturated rings. The monoisotopic (exact) mass is 352 g/mol. The number of anilines is 1. The van der Waals surface area contributed by atoms with Gasteiger partial charge in [0.1, 0.15) is 11.6 Å². The first-order valence-corrected chi connectivity index (χ1v) is 9.13. The third-order valence-corrected chi connectivity index (χ3v) is 5.61. The number of hydrogen-bond donors (Lipinski definition) is 1. The molecule has 2 aliphatic rings. The first-order valence-electron chi connectivity index (χ1n) is 9.13. The first kappa shape index (κ1) is 16.8. The Kier molecular flexibility index (Phi) is 4.05. The molecule has 0 saturated carbocycles. The van der Waals surface area contributed by atoms with Crippen LogP contribution in [0.1, 0.15) is 25.0 Å². The summed E-state index contributed by atoms with van der Waals surface area (Å²) in [5.74, 6) is 1.78. The van der Waals surface area contributed by atoms with E-state index in [9.17, 15) is 9.90 Å². The highest BCUT2D eigenvalue weighted by atomic mass is 16.3. The standard InChI is InChI=1S/C20H24N4O2/c1-14-12-17(22-18(21-14)15-6-3-4-7-16(15)25)24-11-9-20(13-24)8-5-10-23(2)19(20)26/h3-4,6-7,12,25H,5,8-11,13H2,1-2H3/t20-/m0/s1. The summed E-state index contributed by atoms with van der Waals surface area (Å²) in [7, 11) is 1.90. The molecular weight excluding hydrogens is 328 g/mol. The Balaban J connectivity index is 1.65. The highest BCUT2D eigenvalue weighted by molar-refractivity contribution is 5.84. The van der Waals surface area contributed by atoms with Crippen molar-refractivity contribution in [3.05, 3.63) is 36.0 Å². The second-order valence-electron chi connectivity index (χ2n) is 7.49. The SMILES string of the molecule is Cc1cc(N2CC[C@@]3(CCCN(C)C3=O)C2)nc(-c2ccccc2O)n1. The molecule has 2 aliphatic heterocycles. The highest BCUT2D eigenvalue weighted by Crippen LogP contribution is 2.41. The van der Waals surface area contributed by atoms with Gasteiger partial charge in [-0.05, 0) is 38.3 Å². The number of amides is 1. The van der Waals surface area contributed by atoms with Crippen molar-refractivity contribution in [2.24, 2.45) is 5.41 Å². The van der Waals surface area contributed by atoms with Crippen LogP contribution in [0.5, 0.6) is 5.75 Å². The minimum Gasteiger partial charge on any atom is -0.507 e. The van der Waals surface area contributed by atoms with Gasteiger partial charge in [-0.2, -0.15) is 0 Å². The zero-order chi connectivity index (χ0) is 18.3. The maximum Gasteiger partial charge on any atom is 0.230 e. The average Bonchev–Trinajstić information content (AvgIpc) is 3.05. The molecule has 0 unspecified atom stereocenters. The molecule has 136 valence electrons. The molecule has 26 heavy (non-hydrogen) atoms. The predicted octanol–water partition coefficient (Wildman–Crippen LogP) is 2.61. The zero-order valence-electron chi connectivity index (χ0n) is 15.3. The highest BCUT2D eigenvalue weighted by Gasteiger charge is 2.47. The van der Waals surface area contributed by atoms with Crippen LogP contribution >= 0.6 is 0 Å². The van der Waals surface area contributed by atoms with E-state index < -0.39 is 0 Å². The zero-order valence-corrected chi connectivity index (χ0v) is 15.3. The summed E-state index contributed by atoms with van der Waals surface area (Å²) in [6, 6.07) is 9.06. The van der Waals surface area contributed by atoms with E-state index in [1.807, 2.05) is 37.1 Å². The molecule has 1 amide bonds. The number of carbonyl (C=O) groups excluding carboxylic acids is 1. The van der Waals surface area contributed by atoms with Gasteiger partial charge >= 0.3 is 0 Å². The Morgan fingerprint density at radius 3 is 2.77 bits per heavy atom. The lowest BCUT2D eigenvalue weighted by molar-refractivity contribution is -0.143. The number of aromatic nitrogens is 2. The number of rotatable bonds is 2. The summed E-state index contributed by atoms with van der Waals surface area (Å²) in [5.41, 5.74) is 1.20. The maximum atomic E-state index is 12.8. The predicted molar refractivity (Wildman–Crippen MR) is 100 cm³/mol. The van der Waals surface area contributed by atoms with Gasteiger partial charge in [-0.15, -0.1) is 0 Å². The number of likely N-dealkylation sites (tertiary alicyclic amines) is 1. The normalized spacial score (nSPS) is 23.1. The van der Waals surface area contributed by atoms with Crippen LogP contribution in [0.15, 0.2) is 30.3 Å². The first-order chi connectivity index (χ1) is 12.5. The minimum absolute atomic E-state index is 0.172. The van der Waals surface area contributed by atoms with Gasteiger partial charge in [0, 0.05) is 38.4 Å². The van der Waals surface area contributed by atoms with Crippen LogP contribution in [-0.4, -0.2) is 52.6 Å². The van der Waals surface area contributed by atoms with Crippen molar-refractivity contribution in [3.8, 4) is 17.1 Å². The largest absolute Gasteiger partial charge is 0.507 e. The third kappa shape index (κ3) is 2.79. The van der Waals surface area contributed by atoms with E-state index in [-0.39, 0.29) is 17.1 Å². The number of aromatic hydroxyl groups is 1. The van der Waals surface area contributed by atoms with Gasteiger partial charge in [0.25, 0.3) is 0 Å². The van der Waals surface area contributed by atoms with E-state index in [4.69, 9.17) is 4.98 Å². The van der Waals surface area contributed by atoms with Crippen molar-refractivity contribution in [3.63, 3.8) is 0 Å². The Bertz CT molecular complexity index is 853. The summed E-state index contributed by atoms with van der Waals surface area (Å²) in [6.07, 6.45) is 2.87. The molecule has 0 radical (unpaired) electrons. The van der Waals surface area contributed by atoms with E-state index in [1.165, 1.54) is 0 Å². The molecular formula is C20H24N4O2. The minimum atomic E-state index is -0.277. The molecule has 1 spiro atoms. The lowest BCUT2D eigenvalue weighted by atomic mass is 9.78. The smallest absolute Gasteiger partial charge is 0.230 e. The second-order valence-corrected chi connectivity index (χ2v) is 7.49. The van der Waals surface area contributed by atoms with E-state index in [0.29, 0.717) is 17.9 Å². The molecule has 0 bridgehead atoms. The van der Waals surface area contributed by atoms with Crippen molar-refractivity contribution in [1.29, 1.82) is 0 Å². The third-order valence-electron chi connectivity index (χ3n) is 5.61. The number of aryl methyl sites for hydroxylation is 1. The van der Waals surface area contributed by atoms with Crippen LogP contribution < -0.4 is 4.90 Å². The van der Waals surface area contributed by atoms with Gasteiger partial charge in [-0.1, -0.05) is 12.1 Å². The summed E-state index contributed by atoms with van der Waals surface area (Å²) in [5, 5.41) is 10.1. The summed E-state index contributed by atoms with van der Waals surface area (Å²) < 4.78 is 0. The van der Waals surface area contributed by atoms with Crippen LogP contribution in [0.2, 0.25) is 0 Å². The summed E-state index contributed by atoms with van der Waals surface area (Å²) in [6.45, 7) is 4.30. The molecule has 1 aromatic carbocycles. The Morgan fingerprint density at radius 2 is 1.96 bits per heavy atom. The average molecular weight is 352 g/mol. The number of phenolic OH excluding ortho intramolecular Hbond substituents is 1. The number of para-hydroxylation sites is 1. The topological polar surface area (TPSA) is 69.6 Å². The Labute approximate surface area is 153 Å². The van der Waals surface area contributed by atoms with Crippen molar-refractivity contribution in [2.75, 3.05) is 31.6 Å². The Hall–Kier alpha value is -2.63. The van der Waals surface area contributed by atoms with Crippen molar-refractivity contribution in [2.45, 2.75) is 26.2 Å².